The van der Waals surface area contributed by atoms with Crippen LogP contribution >= 0.6 is 27.5 Å². The number of nitrogens with zero attached hydrogens (tertiary/aromatic N) is 2. The predicted molar refractivity (Wildman–Crippen MR) is 131 cm³/mol. The summed E-state index contributed by atoms with van der Waals surface area (Å²) in [6, 6.07) is 20.7. The van der Waals surface area contributed by atoms with Crippen molar-refractivity contribution in [3.63, 3.8) is 0 Å². The Morgan fingerprint density at radius 1 is 0.970 bits per heavy atom. The lowest BCUT2D eigenvalue weighted by molar-refractivity contribution is -0.122. The number of anilines is 1. The standard InChI is InChI=1S/C24H20BrClN2O4S/c25-18-9-11-21(12-10-18)33(31,32)27(14-13-17-5-4-6-19(26)15-17)22-16-23(29)28(24(22)30)20-7-2-1-3-8-20/h1-12,15,22H,13-14,16H2. The molecule has 170 valence electrons. The molecule has 1 aliphatic rings. The molecule has 1 aliphatic heterocycles. The number of carbonyl (C=O) groups excluding carboxylic acids is 2. The van der Waals surface area contributed by atoms with Gasteiger partial charge in [0, 0.05) is 16.0 Å². The van der Waals surface area contributed by atoms with E-state index < -0.39 is 27.9 Å². The lowest BCUT2D eigenvalue weighted by Gasteiger charge is -2.27. The second-order valence-electron chi connectivity index (χ2n) is 7.57. The van der Waals surface area contributed by atoms with Crippen LogP contribution in [0.3, 0.4) is 0 Å². The second-order valence-corrected chi connectivity index (χ2v) is 10.8. The summed E-state index contributed by atoms with van der Waals surface area (Å²) in [4.78, 5) is 27.2. The van der Waals surface area contributed by atoms with Gasteiger partial charge in [0.25, 0.3) is 5.91 Å². The van der Waals surface area contributed by atoms with E-state index in [0.717, 1.165) is 19.2 Å². The van der Waals surface area contributed by atoms with E-state index in [-0.39, 0.29) is 17.9 Å². The zero-order valence-corrected chi connectivity index (χ0v) is 20.6. The number of para-hydroxylation sites is 1. The smallest absolute Gasteiger partial charge is 0.252 e. The van der Waals surface area contributed by atoms with Crippen molar-refractivity contribution in [2.24, 2.45) is 0 Å². The summed E-state index contributed by atoms with van der Waals surface area (Å²) in [7, 11) is -4.06. The minimum atomic E-state index is -4.06. The number of amides is 2. The number of hydrogen-bond acceptors (Lipinski definition) is 4. The van der Waals surface area contributed by atoms with Crippen molar-refractivity contribution >= 4 is 55.1 Å². The largest absolute Gasteiger partial charge is 0.274 e. The van der Waals surface area contributed by atoms with Gasteiger partial charge in [-0.05, 0) is 60.5 Å². The van der Waals surface area contributed by atoms with Crippen molar-refractivity contribution in [1.82, 2.24) is 4.31 Å². The third-order valence-corrected chi connectivity index (χ3v) is 8.10. The molecule has 0 aliphatic carbocycles. The first kappa shape index (κ1) is 23.6. The monoisotopic (exact) mass is 546 g/mol. The van der Waals surface area contributed by atoms with Crippen LogP contribution in [0.4, 0.5) is 5.69 Å². The minimum absolute atomic E-state index is 0.0189. The molecule has 0 saturated carbocycles. The number of carbonyl (C=O) groups is 2. The Morgan fingerprint density at radius 3 is 2.33 bits per heavy atom. The van der Waals surface area contributed by atoms with E-state index in [1.807, 2.05) is 6.07 Å². The zero-order chi connectivity index (χ0) is 23.6. The second kappa shape index (κ2) is 9.77. The number of rotatable bonds is 7. The normalized spacial score (nSPS) is 16.6. The molecule has 1 saturated heterocycles. The quantitative estimate of drug-likeness (QED) is 0.403. The summed E-state index contributed by atoms with van der Waals surface area (Å²) in [6.45, 7) is 0.0189. The molecule has 2 amide bonds. The van der Waals surface area contributed by atoms with Gasteiger partial charge in [0.1, 0.15) is 6.04 Å². The zero-order valence-electron chi connectivity index (χ0n) is 17.4. The van der Waals surface area contributed by atoms with Crippen LogP contribution in [-0.4, -0.2) is 37.1 Å². The van der Waals surface area contributed by atoms with Crippen molar-refractivity contribution < 1.29 is 18.0 Å². The molecule has 9 heteroatoms. The Kier molecular flexibility index (Phi) is 6.99. The summed E-state index contributed by atoms with van der Waals surface area (Å²) in [5.74, 6) is -0.993. The van der Waals surface area contributed by atoms with Gasteiger partial charge in [0.15, 0.2) is 0 Å². The van der Waals surface area contributed by atoms with E-state index in [0.29, 0.717) is 17.1 Å². The number of sulfonamides is 1. The maximum Gasteiger partial charge on any atom is 0.252 e. The molecule has 3 aromatic carbocycles. The number of benzene rings is 3. The van der Waals surface area contributed by atoms with Gasteiger partial charge in [0.05, 0.1) is 17.0 Å². The number of hydrogen-bond donors (Lipinski definition) is 0. The molecule has 1 unspecified atom stereocenters. The number of imide groups is 1. The molecule has 4 rings (SSSR count). The molecule has 0 bridgehead atoms. The first-order valence-electron chi connectivity index (χ1n) is 10.2. The average molecular weight is 548 g/mol. The summed E-state index contributed by atoms with van der Waals surface area (Å²) in [6.07, 6.45) is 0.110. The van der Waals surface area contributed by atoms with E-state index in [9.17, 15) is 18.0 Å². The molecule has 0 aromatic heterocycles. The highest BCUT2D eigenvalue weighted by Crippen LogP contribution is 2.30. The molecule has 0 radical (unpaired) electrons. The van der Waals surface area contributed by atoms with Crippen LogP contribution in [0.2, 0.25) is 5.02 Å². The highest BCUT2D eigenvalue weighted by Gasteiger charge is 2.46. The van der Waals surface area contributed by atoms with Gasteiger partial charge in [-0.3, -0.25) is 9.59 Å². The topological polar surface area (TPSA) is 74.8 Å². The minimum Gasteiger partial charge on any atom is -0.274 e. The molecular formula is C24H20BrClN2O4S. The summed E-state index contributed by atoms with van der Waals surface area (Å²) in [5.41, 5.74) is 1.25. The van der Waals surface area contributed by atoms with Crippen molar-refractivity contribution in [3.05, 3.63) is 93.9 Å². The fourth-order valence-electron chi connectivity index (χ4n) is 3.81. The molecule has 1 heterocycles. The van der Waals surface area contributed by atoms with Crippen molar-refractivity contribution in [3.8, 4) is 0 Å². The molecule has 33 heavy (non-hydrogen) atoms. The van der Waals surface area contributed by atoms with Crippen molar-refractivity contribution in [2.45, 2.75) is 23.8 Å². The third kappa shape index (κ3) is 5.04. The van der Waals surface area contributed by atoms with Gasteiger partial charge in [-0.15, -0.1) is 0 Å². The van der Waals surface area contributed by atoms with Gasteiger partial charge in [-0.25, -0.2) is 13.3 Å². The Balaban J connectivity index is 1.70. The predicted octanol–water partition coefficient (Wildman–Crippen LogP) is 4.67. The Morgan fingerprint density at radius 2 is 1.67 bits per heavy atom. The Hall–Kier alpha value is -2.52. The summed E-state index contributed by atoms with van der Waals surface area (Å²) >= 11 is 9.38. The lowest BCUT2D eigenvalue weighted by atomic mass is 10.1. The van der Waals surface area contributed by atoms with E-state index in [4.69, 9.17) is 11.6 Å². The van der Waals surface area contributed by atoms with Gasteiger partial charge >= 0.3 is 0 Å². The van der Waals surface area contributed by atoms with E-state index in [1.54, 1.807) is 60.7 Å². The van der Waals surface area contributed by atoms with Gasteiger partial charge in [0.2, 0.25) is 15.9 Å². The maximum absolute atomic E-state index is 13.6. The molecule has 3 aromatic rings. The van der Waals surface area contributed by atoms with Crippen molar-refractivity contribution in [2.75, 3.05) is 11.4 Å². The van der Waals surface area contributed by atoms with Crippen LogP contribution in [0, 0.1) is 0 Å². The van der Waals surface area contributed by atoms with Crippen LogP contribution in [-0.2, 0) is 26.0 Å². The molecule has 0 spiro atoms. The summed E-state index contributed by atoms with van der Waals surface area (Å²) < 4.78 is 29.1. The van der Waals surface area contributed by atoms with Crippen LogP contribution in [0.15, 0.2) is 88.2 Å². The highest BCUT2D eigenvalue weighted by atomic mass is 79.9. The van der Waals surface area contributed by atoms with Crippen molar-refractivity contribution in [1.29, 1.82) is 0 Å². The van der Waals surface area contributed by atoms with Gasteiger partial charge < -0.3 is 0 Å². The SMILES string of the molecule is O=C1CC(N(CCc2cccc(Cl)c2)S(=O)(=O)c2ccc(Br)cc2)C(=O)N1c1ccccc1. The van der Waals surface area contributed by atoms with Crippen LogP contribution in [0.25, 0.3) is 0 Å². The summed E-state index contributed by atoms with van der Waals surface area (Å²) in [5, 5.41) is 0.539. The first-order chi connectivity index (χ1) is 15.8. The fraction of sp³-hybridized carbons (Fsp3) is 0.167. The van der Waals surface area contributed by atoms with E-state index in [2.05, 4.69) is 15.9 Å². The lowest BCUT2D eigenvalue weighted by Crippen LogP contribution is -2.46. The van der Waals surface area contributed by atoms with Gasteiger partial charge in [-0.1, -0.05) is 57.9 Å². The Bertz CT molecular complexity index is 1280. The highest BCUT2D eigenvalue weighted by molar-refractivity contribution is 9.10. The van der Waals surface area contributed by atoms with E-state index in [1.165, 1.54) is 12.1 Å². The Labute approximate surface area is 206 Å². The van der Waals surface area contributed by atoms with Crippen LogP contribution in [0.1, 0.15) is 12.0 Å². The average Bonchev–Trinajstić information content (AvgIpc) is 3.08. The fourth-order valence-corrected chi connectivity index (χ4v) is 5.87. The van der Waals surface area contributed by atoms with E-state index >= 15 is 0 Å². The molecular weight excluding hydrogens is 528 g/mol. The number of halogens is 2. The maximum atomic E-state index is 13.6. The third-order valence-electron chi connectivity index (χ3n) is 5.41. The molecule has 1 fully saturated rings. The molecule has 0 N–H and O–H groups in total. The van der Waals surface area contributed by atoms with Gasteiger partial charge in [-0.2, -0.15) is 4.31 Å². The molecule has 1 atom stereocenters. The van der Waals surface area contributed by atoms with Crippen LogP contribution < -0.4 is 4.90 Å². The van der Waals surface area contributed by atoms with Crippen LogP contribution in [0.5, 0.6) is 0 Å². The first-order valence-corrected chi connectivity index (χ1v) is 12.8. The molecule has 6 nitrogen and oxygen atoms in total.